The number of hydrogen-bond acceptors (Lipinski definition) is 5. The summed E-state index contributed by atoms with van der Waals surface area (Å²) >= 11 is 0. The van der Waals surface area contributed by atoms with Gasteiger partial charge in [0.25, 0.3) is 8.32 Å². The molecule has 5 aromatic rings. The van der Waals surface area contributed by atoms with Crippen molar-refractivity contribution in [1.82, 2.24) is 0 Å². The topological polar surface area (TPSA) is 57.2 Å². The van der Waals surface area contributed by atoms with E-state index in [9.17, 15) is 5.11 Å². The minimum absolute atomic E-state index is 0.133. The van der Waals surface area contributed by atoms with Crippen LogP contribution in [0, 0.1) is 0 Å². The lowest BCUT2D eigenvalue weighted by atomic mass is 9.80. The van der Waals surface area contributed by atoms with Crippen molar-refractivity contribution < 1.29 is 23.7 Å². The molecular weight excluding hydrogens is 589 g/mol. The monoisotopic (exact) mass is 632 g/mol. The van der Waals surface area contributed by atoms with Crippen molar-refractivity contribution in [2.75, 3.05) is 27.4 Å². The SMILES string of the molecule is COc1ccc(C(OC[C@@H](CO)O[Si](c2ccccc2)(c2ccccc2)C(C)(C)C)(c2ccccc2)c2ccc(OC)cc2)cc1. The van der Waals surface area contributed by atoms with Gasteiger partial charge in [0.05, 0.1) is 33.5 Å². The van der Waals surface area contributed by atoms with Gasteiger partial charge in [-0.15, -0.1) is 0 Å². The van der Waals surface area contributed by atoms with Gasteiger partial charge in [-0.25, -0.2) is 0 Å². The highest BCUT2D eigenvalue weighted by atomic mass is 28.4. The molecule has 0 saturated carbocycles. The summed E-state index contributed by atoms with van der Waals surface area (Å²) in [6.45, 7) is 6.63. The summed E-state index contributed by atoms with van der Waals surface area (Å²) in [5, 5.41) is 13.0. The molecule has 5 aromatic carbocycles. The molecule has 0 aliphatic rings. The van der Waals surface area contributed by atoms with Crippen LogP contribution in [0.15, 0.2) is 140 Å². The molecule has 0 aliphatic heterocycles. The Morgan fingerprint density at radius 3 is 1.33 bits per heavy atom. The summed E-state index contributed by atoms with van der Waals surface area (Å²) in [5.41, 5.74) is 1.77. The molecule has 0 spiro atoms. The van der Waals surface area contributed by atoms with E-state index in [0.29, 0.717) is 0 Å². The van der Waals surface area contributed by atoms with Gasteiger partial charge in [-0.2, -0.15) is 0 Å². The zero-order valence-corrected chi connectivity index (χ0v) is 28.4. The van der Waals surface area contributed by atoms with Crippen LogP contribution in [0.5, 0.6) is 11.5 Å². The maximum atomic E-state index is 11.0. The maximum absolute atomic E-state index is 11.0. The second-order valence-electron chi connectivity index (χ2n) is 12.4. The van der Waals surface area contributed by atoms with Crippen LogP contribution >= 0.6 is 0 Å². The predicted octanol–water partition coefficient (Wildman–Crippen LogP) is 6.95. The number of aliphatic hydroxyl groups excluding tert-OH is 1. The van der Waals surface area contributed by atoms with Crippen LogP contribution < -0.4 is 19.8 Å². The lowest BCUT2D eigenvalue weighted by molar-refractivity contribution is -0.0468. The molecule has 0 aliphatic carbocycles. The predicted molar refractivity (Wildman–Crippen MR) is 188 cm³/mol. The standard InChI is InChI=1S/C40H44O5Si/c1-39(2,3)46(37-17-11-7-12-18-37,38-19-13-8-14-20-38)45-36(29-41)30-44-40(31-15-9-6-10-16-31,32-21-25-34(42-4)26-22-32)33-23-27-35(43-5)28-24-33/h6-28,36,41H,29-30H2,1-5H3/t36-/m1/s1. The van der Waals surface area contributed by atoms with E-state index in [0.717, 1.165) is 38.6 Å². The Labute approximate surface area is 274 Å². The minimum Gasteiger partial charge on any atom is -0.497 e. The minimum atomic E-state index is -2.97. The summed E-state index contributed by atoms with van der Waals surface area (Å²) in [7, 11) is 0.355. The van der Waals surface area contributed by atoms with Crippen LogP contribution in [-0.4, -0.2) is 47.0 Å². The second-order valence-corrected chi connectivity index (χ2v) is 16.7. The fourth-order valence-corrected chi connectivity index (χ4v) is 11.0. The van der Waals surface area contributed by atoms with Crippen LogP contribution in [0.3, 0.4) is 0 Å². The van der Waals surface area contributed by atoms with Gasteiger partial charge in [-0.05, 0) is 56.4 Å². The average molecular weight is 633 g/mol. The molecule has 5 nitrogen and oxygen atoms in total. The first-order valence-electron chi connectivity index (χ1n) is 15.7. The molecule has 238 valence electrons. The normalized spacial score (nSPS) is 12.8. The van der Waals surface area contributed by atoms with Gasteiger partial charge in [-0.1, -0.05) is 136 Å². The van der Waals surface area contributed by atoms with Crippen molar-refractivity contribution in [1.29, 1.82) is 0 Å². The summed E-state index contributed by atoms with van der Waals surface area (Å²) in [4.78, 5) is 0. The molecule has 0 amide bonds. The molecule has 5 rings (SSSR count). The first kappa shape index (κ1) is 33.2. The third-order valence-corrected chi connectivity index (χ3v) is 13.7. The van der Waals surface area contributed by atoms with Crippen molar-refractivity contribution in [3.8, 4) is 11.5 Å². The van der Waals surface area contributed by atoms with Crippen molar-refractivity contribution in [3.63, 3.8) is 0 Å². The largest absolute Gasteiger partial charge is 0.497 e. The van der Waals surface area contributed by atoms with Crippen molar-refractivity contribution >= 4 is 18.7 Å². The Kier molecular flexibility index (Phi) is 10.4. The zero-order valence-electron chi connectivity index (χ0n) is 27.4. The van der Waals surface area contributed by atoms with Gasteiger partial charge < -0.3 is 23.7 Å². The highest BCUT2D eigenvalue weighted by Gasteiger charge is 2.52. The van der Waals surface area contributed by atoms with E-state index in [1.54, 1.807) is 14.2 Å². The number of methoxy groups -OCH3 is 2. The molecule has 6 heteroatoms. The van der Waals surface area contributed by atoms with Gasteiger partial charge in [-0.3, -0.25) is 0 Å². The lowest BCUT2D eigenvalue weighted by Crippen LogP contribution is -2.68. The second kappa shape index (κ2) is 14.5. The molecule has 1 N–H and O–H groups in total. The van der Waals surface area contributed by atoms with Crippen molar-refractivity contribution in [3.05, 3.63) is 156 Å². The van der Waals surface area contributed by atoms with E-state index in [2.05, 4.69) is 81.4 Å². The fourth-order valence-electron chi connectivity index (χ4n) is 6.36. The molecule has 0 bridgehead atoms. The van der Waals surface area contributed by atoms with E-state index >= 15 is 0 Å². The highest BCUT2D eigenvalue weighted by Crippen LogP contribution is 2.43. The maximum Gasteiger partial charge on any atom is 0.261 e. The molecule has 0 saturated heterocycles. The smallest absolute Gasteiger partial charge is 0.261 e. The zero-order chi connectivity index (χ0) is 32.6. The Balaban J connectivity index is 1.64. The van der Waals surface area contributed by atoms with Gasteiger partial charge in [0.1, 0.15) is 17.1 Å². The van der Waals surface area contributed by atoms with Gasteiger partial charge in [0.15, 0.2) is 0 Å². The van der Waals surface area contributed by atoms with Gasteiger partial charge in [0, 0.05) is 0 Å². The number of ether oxygens (including phenoxy) is 3. The van der Waals surface area contributed by atoms with E-state index in [1.165, 1.54) is 0 Å². The van der Waals surface area contributed by atoms with E-state index in [-0.39, 0.29) is 18.3 Å². The molecule has 0 unspecified atom stereocenters. The van der Waals surface area contributed by atoms with Crippen LogP contribution in [-0.2, 0) is 14.8 Å². The number of aliphatic hydroxyl groups is 1. The van der Waals surface area contributed by atoms with Gasteiger partial charge >= 0.3 is 0 Å². The highest BCUT2D eigenvalue weighted by molar-refractivity contribution is 6.99. The lowest BCUT2D eigenvalue weighted by Gasteiger charge is -2.45. The summed E-state index contributed by atoms with van der Waals surface area (Å²) in [6.07, 6.45) is -0.620. The third kappa shape index (κ3) is 6.53. The molecule has 0 radical (unpaired) electrons. The van der Waals surface area contributed by atoms with E-state index in [1.807, 2.05) is 78.9 Å². The van der Waals surface area contributed by atoms with Crippen LogP contribution in [0.4, 0.5) is 0 Å². The third-order valence-electron chi connectivity index (χ3n) is 8.62. The summed E-state index contributed by atoms with van der Waals surface area (Å²) in [5.74, 6) is 1.51. The number of hydrogen-bond donors (Lipinski definition) is 1. The van der Waals surface area contributed by atoms with Crippen molar-refractivity contribution in [2.24, 2.45) is 0 Å². The molecule has 0 aromatic heterocycles. The Morgan fingerprint density at radius 2 is 0.957 bits per heavy atom. The van der Waals surface area contributed by atoms with Gasteiger partial charge in [0.2, 0.25) is 0 Å². The quantitative estimate of drug-likeness (QED) is 0.113. The van der Waals surface area contributed by atoms with Crippen LogP contribution in [0.25, 0.3) is 0 Å². The number of rotatable bonds is 13. The van der Waals surface area contributed by atoms with E-state index in [4.69, 9.17) is 18.6 Å². The number of benzene rings is 5. The molecular formula is C40H44O5Si. The Morgan fingerprint density at radius 1 is 0.565 bits per heavy atom. The molecule has 1 atom stereocenters. The first-order valence-corrected chi connectivity index (χ1v) is 17.6. The molecule has 46 heavy (non-hydrogen) atoms. The summed E-state index contributed by atoms with van der Waals surface area (Å²) in [6, 6.07) is 47.0. The fraction of sp³-hybridized carbons (Fsp3) is 0.250. The van der Waals surface area contributed by atoms with Crippen LogP contribution in [0.1, 0.15) is 37.5 Å². The van der Waals surface area contributed by atoms with Crippen LogP contribution in [0.2, 0.25) is 5.04 Å². The first-order chi connectivity index (χ1) is 22.3. The molecule has 0 heterocycles. The van der Waals surface area contributed by atoms with Crippen molar-refractivity contribution in [2.45, 2.75) is 37.5 Å². The molecule has 0 fully saturated rings. The Hall–Kier alpha value is -4.20. The average Bonchev–Trinajstić information content (AvgIpc) is 3.11. The Bertz CT molecular complexity index is 1550. The van der Waals surface area contributed by atoms with E-state index < -0.39 is 20.0 Å². The summed E-state index contributed by atoms with van der Waals surface area (Å²) < 4.78 is 25.5.